The summed E-state index contributed by atoms with van der Waals surface area (Å²) in [7, 11) is 3.98. The predicted octanol–water partition coefficient (Wildman–Crippen LogP) is 3.56. The van der Waals surface area contributed by atoms with E-state index in [4.69, 9.17) is 11.6 Å². The summed E-state index contributed by atoms with van der Waals surface area (Å²) in [5.41, 5.74) is 3.45. The van der Waals surface area contributed by atoms with E-state index >= 15 is 0 Å². The molecule has 0 aliphatic carbocycles. The Hall–Kier alpha value is -1.000. The van der Waals surface area contributed by atoms with Gasteiger partial charge in [-0.15, -0.1) is 11.6 Å². The summed E-state index contributed by atoms with van der Waals surface area (Å²) in [6.07, 6.45) is 3.91. The number of nitrogens with zero attached hydrogens (tertiary/aromatic N) is 3. The fraction of sp³-hybridized carbons (Fsp3) is 0.308. The molecule has 2 aromatic rings. The SMILES string of the molecule is CN(Cc1cnn(C)c1)c1cc(Br)ccc1CCl. The second-order valence-corrected chi connectivity index (χ2v) is 5.47. The number of rotatable bonds is 4. The quantitative estimate of drug-likeness (QED) is 0.800. The Labute approximate surface area is 120 Å². The van der Waals surface area contributed by atoms with Gasteiger partial charge < -0.3 is 4.90 Å². The molecule has 0 aliphatic rings. The number of halogens is 2. The number of alkyl halides is 1. The van der Waals surface area contributed by atoms with E-state index in [1.165, 1.54) is 5.56 Å². The molecule has 0 radical (unpaired) electrons. The number of anilines is 1. The summed E-state index contributed by atoms with van der Waals surface area (Å²) in [6, 6.07) is 6.15. The van der Waals surface area contributed by atoms with Gasteiger partial charge in [0.05, 0.1) is 6.20 Å². The van der Waals surface area contributed by atoms with Crippen LogP contribution in [-0.2, 0) is 19.5 Å². The fourth-order valence-corrected chi connectivity index (χ4v) is 2.49. The molecule has 1 aromatic carbocycles. The number of aryl methyl sites for hydroxylation is 1. The number of hydrogen-bond donors (Lipinski definition) is 0. The smallest absolute Gasteiger partial charge is 0.0539 e. The highest BCUT2D eigenvalue weighted by Crippen LogP contribution is 2.26. The zero-order chi connectivity index (χ0) is 13.1. The van der Waals surface area contributed by atoms with Crippen LogP contribution in [0.2, 0.25) is 0 Å². The van der Waals surface area contributed by atoms with E-state index in [-0.39, 0.29) is 0 Å². The average molecular weight is 329 g/mol. The van der Waals surface area contributed by atoms with Crippen molar-refractivity contribution in [1.82, 2.24) is 9.78 Å². The lowest BCUT2D eigenvalue weighted by atomic mass is 10.2. The molecule has 1 heterocycles. The lowest BCUT2D eigenvalue weighted by Crippen LogP contribution is -2.17. The zero-order valence-electron chi connectivity index (χ0n) is 10.4. The van der Waals surface area contributed by atoms with E-state index in [1.54, 1.807) is 0 Å². The minimum atomic E-state index is 0.514. The Morgan fingerprint density at radius 1 is 1.44 bits per heavy atom. The van der Waals surface area contributed by atoms with Crippen molar-refractivity contribution in [3.63, 3.8) is 0 Å². The Balaban J connectivity index is 2.22. The van der Waals surface area contributed by atoms with E-state index in [9.17, 15) is 0 Å². The van der Waals surface area contributed by atoms with Gasteiger partial charge in [0.25, 0.3) is 0 Å². The Bertz CT molecular complexity index is 539. The molecular formula is C13H15BrClN3. The molecule has 0 saturated heterocycles. The monoisotopic (exact) mass is 327 g/mol. The molecule has 1 aromatic heterocycles. The maximum absolute atomic E-state index is 5.98. The van der Waals surface area contributed by atoms with Gasteiger partial charge in [-0.3, -0.25) is 4.68 Å². The summed E-state index contributed by atoms with van der Waals surface area (Å²) in [4.78, 5) is 2.18. The molecule has 0 N–H and O–H groups in total. The maximum Gasteiger partial charge on any atom is 0.0539 e. The molecule has 0 unspecified atom stereocenters. The lowest BCUT2D eigenvalue weighted by molar-refractivity contribution is 0.766. The van der Waals surface area contributed by atoms with Crippen molar-refractivity contribution in [1.29, 1.82) is 0 Å². The first kappa shape index (κ1) is 13.4. The fourth-order valence-electron chi connectivity index (χ4n) is 1.92. The van der Waals surface area contributed by atoms with Gasteiger partial charge in [0, 0.05) is 48.4 Å². The summed E-state index contributed by atoms with van der Waals surface area (Å²) in [6.45, 7) is 0.814. The second-order valence-electron chi connectivity index (χ2n) is 4.28. The topological polar surface area (TPSA) is 21.1 Å². The average Bonchev–Trinajstić information content (AvgIpc) is 2.74. The van der Waals surface area contributed by atoms with Crippen molar-refractivity contribution in [2.45, 2.75) is 12.4 Å². The summed E-state index contributed by atoms with van der Waals surface area (Å²) < 4.78 is 2.87. The van der Waals surface area contributed by atoms with Crippen molar-refractivity contribution in [3.05, 3.63) is 46.2 Å². The van der Waals surface area contributed by atoms with Crippen LogP contribution in [0.3, 0.4) is 0 Å². The van der Waals surface area contributed by atoms with Crippen molar-refractivity contribution in [3.8, 4) is 0 Å². The molecule has 0 spiro atoms. The lowest BCUT2D eigenvalue weighted by Gasteiger charge is -2.21. The zero-order valence-corrected chi connectivity index (χ0v) is 12.7. The van der Waals surface area contributed by atoms with Gasteiger partial charge >= 0.3 is 0 Å². The van der Waals surface area contributed by atoms with Crippen molar-refractivity contribution in [2.24, 2.45) is 7.05 Å². The first-order valence-corrected chi connectivity index (χ1v) is 6.96. The third kappa shape index (κ3) is 3.06. The van der Waals surface area contributed by atoms with Crippen LogP contribution in [0.15, 0.2) is 35.1 Å². The number of benzene rings is 1. The van der Waals surface area contributed by atoms with Crippen LogP contribution in [-0.4, -0.2) is 16.8 Å². The van der Waals surface area contributed by atoms with Crippen molar-refractivity contribution in [2.75, 3.05) is 11.9 Å². The van der Waals surface area contributed by atoms with Crippen molar-refractivity contribution >= 4 is 33.2 Å². The molecule has 0 atom stereocenters. The number of hydrogen-bond acceptors (Lipinski definition) is 2. The van der Waals surface area contributed by atoms with Crippen LogP contribution in [0.5, 0.6) is 0 Å². The van der Waals surface area contributed by atoms with Crippen LogP contribution in [0.1, 0.15) is 11.1 Å². The van der Waals surface area contributed by atoms with Gasteiger partial charge in [0.2, 0.25) is 0 Å². The molecule has 2 rings (SSSR count). The summed E-state index contributed by atoms with van der Waals surface area (Å²) in [5, 5.41) is 4.18. The van der Waals surface area contributed by atoms with Crippen molar-refractivity contribution < 1.29 is 0 Å². The van der Waals surface area contributed by atoms with Crippen LogP contribution >= 0.6 is 27.5 Å². The van der Waals surface area contributed by atoms with Gasteiger partial charge in [-0.1, -0.05) is 22.0 Å². The number of aromatic nitrogens is 2. The van der Waals surface area contributed by atoms with Gasteiger partial charge in [0.1, 0.15) is 0 Å². The Morgan fingerprint density at radius 3 is 2.83 bits per heavy atom. The van der Waals surface area contributed by atoms with E-state index < -0.39 is 0 Å². The van der Waals surface area contributed by atoms with Crippen LogP contribution in [0.4, 0.5) is 5.69 Å². The third-order valence-electron chi connectivity index (χ3n) is 2.78. The molecule has 18 heavy (non-hydrogen) atoms. The van der Waals surface area contributed by atoms with Crippen LogP contribution < -0.4 is 4.90 Å². The van der Waals surface area contributed by atoms with Gasteiger partial charge in [0.15, 0.2) is 0 Å². The summed E-state index contributed by atoms with van der Waals surface area (Å²) in [5.74, 6) is 0.514. The first-order chi connectivity index (χ1) is 8.60. The summed E-state index contributed by atoms with van der Waals surface area (Å²) >= 11 is 9.47. The molecule has 0 fully saturated rings. The minimum absolute atomic E-state index is 0.514. The van der Waals surface area contributed by atoms with E-state index in [0.717, 1.165) is 22.3 Å². The van der Waals surface area contributed by atoms with Crippen LogP contribution in [0.25, 0.3) is 0 Å². The second kappa shape index (κ2) is 5.76. The maximum atomic E-state index is 5.98. The van der Waals surface area contributed by atoms with E-state index in [1.807, 2.05) is 36.3 Å². The molecule has 0 aliphatic heterocycles. The third-order valence-corrected chi connectivity index (χ3v) is 3.56. The molecule has 0 amide bonds. The normalized spacial score (nSPS) is 10.7. The standard InChI is InChI=1S/C13H15BrClN3/c1-17(8-10-7-16-18(2)9-10)13-5-12(14)4-3-11(13)6-15/h3-5,7,9H,6,8H2,1-2H3. The Morgan fingerprint density at radius 2 is 2.22 bits per heavy atom. The van der Waals surface area contributed by atoms with E-state index in [2.05, 4.69) is 39.0 Å². The molecule has 5 heteroatoms. The highest BCUT2D eigenvalue weighted by Gasteiger charge is 2.09. The molecule has 0 bridgehead atoms. The largest absolute Gasteiger partial charge is 0.370 e. The highest BCUT2D eigenvalue weighted by molar-refractivity contribution is 9.10. The molecule has 0 saturated carbocycles. The molecular weight excluding hydrogens is 314 g/mol. The minimum Gasteiger partial charge on any atom is -0.370 e. The van der Waals surface area contributed by atoms with Gasteiger partial charge in [-0.05, 0) is 17.7 Å². The van der Waals surface area contributed by atoms with E-state index in [0.29, 0.717) is 5.88 Å². The molecule has 96 valence electrons. The predicted molar refractivity (Wildman–Crippen MR) is 79.0 cm³/mol. The Kier molecular flexibility index (Phi) is 4.30. The van der Waals surface area contributed by atoms with Crippen LogP contribution in [0, 0.1) is 0 Å². The van der Waals surface area contributed by atoms with Gasteiger partial charge in [-0.2, -0.15) is 5.10 Å². The highest BCUT2D eigenvalue weighted by atomic mass is 79.9. The molecule has 3 nitrogen and oxygen atoms in total. The first-order valence-electron chi connectivity index (χ1n) is 5.63. The van der Waals surface area contributed by atoms with Gasteiger partial charge in [-0.25, -0.2) is 0 Å².